The number of aromatic nitrogens is 3. The van der Waals surface area contributed by atoms with Crippen LogP contribution in [0.5, 0.6) is 0 Å². The molecule has 0 saturated carbocycles. The molecule has 1 aromatic carbocycles. The lowest BCUT2D eigenvalue weighted by atomic mass is 9.96. The smallest absolute Gasteiger partial charge is 0.410 e. The molecule has 25 heavy (non-hydrogen) atoms. The van der Waals surface area contributed by atoms with Gasteiger partial charge < -0.3 is 9.64 Å². The Morgan fingerprint density at radius 3 is 2.60 bits per heavy atom. The number of fused-ring (bicyclic) bond motifs is 1. The second kappa shape index (κ2) is 6.82. The molecule has 6 nitrogen and oxygen atoms in total. The van der Waals surface area contributed by atoms with Gasteiger partial charge in [-0.2, -0.15) is 0 Å². The maximum Gasteiger partial charge on any atom is 0.410 e. The number of rotatable bonds is 1. The van der Waals surface area contributed by atoms with Crippen LogP contribution in [0.1, 0.15) is 45.4 Å². The summed E-state index contributed by atoms with van der Waals surface area (Å²) in [6.07, 6.45) is 1.09. The molecule has 0 atom stereocenters. The number of amides is 1. The van der Waals surface area contributed by atoms with Crippen molar-refractivity contribution in [1.29, 1.82) is 0 Å². The summed E-state index contributed by atoms with van der Waals surface area (Å²) >= 11 is 3.23. The zero-order valence-corrected chi connectivity index (χ0v) is 16.0. The van der Waals surface area contributed by atoms with Gasteiger partial charge in [0.05, 0.1) is 0 Å². The minimum absolute atomic E-state index is 0.0543. The normalized spacial score (nSPS) is 16.3. The van der Waals surface area contributed by atoms with Gasteiger partial charge in [-0.3, -0.25) is 0 Å². The number of carbonyl (C=O) groups is 1. The van der Waals surface area contributed by atoms with E-state index in [2.05, 4.69) is 31.1 Å². The van der Waals surface area contributed by atoms with E-state index in [0.717, 1.165) is 0 Å². The first-order valence-corrected chi connectivity index (χ1v) is 8.99. The number of hydrogen-bond acceptors (Lipinski definition) is 5. The van der Waals surface area contributed by atoms with Gasteiger partial charge in [0.25, 0.3) is 0 Å². The van der Waals surface area contributed by atoms with Crippen molar-refractivity contribution in [2.45, 2.75) is 45.1 Å². The number of piperidine rings is 1. The summed E-state index contributed by atoms with van der Waals surface area (Å²) in [5.74, 6) is 0.155. The number of hydrogen-bond donors (Lipinski definition) is 0. The fourth-order valence-corrected chi connectivity index (χ4v) is 3.22. The van der Waals surface area contributed by atoms with Crippen LogP contribution in [0.4, 0.5) is 9.18 Å². The Labute approximate surface area is 153 Å². The molecule has 0 unspecified atom stereocenters. The van der Waals surface area contributed by atoms with Gasteiger partial charge in [0.2, 0.25) is 0 Å². The zero-order valence-electron chi connectivity index (χ0n) is 14.4. The number of nitrogens with zero attached hydrogens (tertiary/aromatic N) is 4. The third kappa shape index (κ3) is 4.23. The summed E-state index contributed by atoms with van der Waals surface area (Å²) in [5.41, 5.74) is 0.134. The summed E-state index contributed by atoms with van der Waals surface area (Å²) in [5, 5.41) is 8.25. The quantitative estimate of drug-likeness (QED) is 0.709. The van der Waals surface area contributed by atoms with Gasteiger partial charge in [-0.25, -0.2) is 14.2 Å². The zero-order chi connectivity index (χ0) is 18.2. The summed E-state index contributed by atoms with van der Waals surface area (Å²) < 4.78 is 20.1. The SMILES string of the molecule is CC(C)(C)OC(=O)N1CCC(c2nnc3cc(Br)cc(F)c3n2)CC1. The standard InChI is InChI=1S/C17H20BrFN4O2/c1-17(2,3)25-16(24)23-6-4-10(5-7-23)15-20-14-12(19)8-11(18)9-13(14)21-22-15/h8-10H,4-7H2,1-3H3. The first kappa shape index (κ1) is 18.0. The molecule has 3 rings (SSSR count). The van der Waals surface area contributed by atoms with Crippen molar-refractivity contribution < 1.29 is 13.9 Å². The second-order valence-corrected chi connectivity index (χ2v) is 8.08. The summed E-state index contributed by atoms with van der Waals surface area (Å²) in [6, 6.07) is 3.05. The van der Waals surface area contributed by atoms with E-state index in [4.69, 9.17) is 4.74 Å². The third-order valence-electron chi connectivity index (χ3n) is 4.01. The second-order valence-electron chi connectivity index (χ2n) is 7.17. The van der Waals surface area contributed by atoms with E-state index in [1.807, 2.05) is 20.8 Å². The van der Waals surface area contributed by atoms with Crippen LogP contribution in [-0.2, 0) is 4.74 Å². The Hall–Kier alpha value is -1.83. The molecule has 0 bridgehead atoms. The predicted octanol–water partition coefficient (Wildman–Crippen LogP) is 4.04. The van der Waals surface area contributed by atoms with Crippen LogP contribution in [0, 0.1) is 5.82 Å². The fraction of sp³-hybridized carbons (Fsp3) is 0.529. The van der Waals surface area contributed by atoms with E-state index in [0.29, 0.717) is 41.7 Å². The molecule has 2 heterocycles. The Bertz CT molecular complexity index is 801. The Morgan fingerprint density at radius 1 is 1.28 bits per heavy atom. The van der Waals surface area contributed by atoms with Crippen LogP contribution in [0.25, 0.3) is 11.0 Å². The van der Waals surface area contributed by atoms with Gasteiger partial charge in [-0.05, 0) is 45.7 Å². The number of ether oxygens (including phenoxy) is 1. The van der Waals surface area contributed by atoms with Crippen molar-refractivity contribution >= 4 is 33.1 Å². The molecule has 0 N–H and O–H groups in total. The molecule has 0 spiro atoms. The minimum atomic E-state index is -0.509. The lowest BCUT2D eigenvalue weighted by Crippen LogP contribution is -2.41. The number of halogens is 2. The van der Waals surface area contributed by atoms with Gasteiger partial charge in [0.1, 0.15) is 16.6 Å². The maximum absolute atomic E-state index is 14.1. The average Bonchev–Trinajstić information content (AvgIpc) is 2.53. The molecule has 1 aliphatic heterocycles. The number of benzene rings is 1. The van der Waals surface area contributed by atoms with Crippen LogP contribution in [-0.4, -0.2) is 44.9 Å². The Kier molecular flexibility index (Phi) is 4.90. The van der Waals surface area contributed by atoms with E-state index >= 15 is 0 Å². The Morgan fingerprint density at radius 2 is 1.96 bits per heavy atom. The molecule has 1 aliphatic rings. The van der Waals surface area contributed by atoms with E-state index in [1.165, 1.54) is 6.07 Å². The van der Waals surface area contributed by atoms with E-state index in [9.17, 15) is 9.18 Å². The number of likely N-dealkylation sites (tertiary alicyclic amines) is 1. The molecule has 134 valence electrons. The maximum atomic E-state index is 14.1. The summed E-state index contributed by atoms with van der Waals surface area (Å²) in [7, 11) is 0. The molecule has 0 aliphatic carbocycles. The molecule has 1 aromatic heterocycles. The molecular formula is C17H20BrFN4O2. The average molecular weight is 411 g/mol. The number of carbonyl (C=O) groups excluding carboxylic acids is 1. The van der Waals surface area contributed by atoms with Crippen LogP contribution in [0.2, 0.25) is 0 Å². The Balaban J connectivity index is 1.71. The molecule has 2 aromatic rings. The molecule has 1 fully saturated rings. The van der Waals surface area contributed by atoms with E-state index < -0.39 is 11.4 Å². The topological polar surface area (TPSA) is 68.2 Å². The fourth-order valence-electron chi connectivity index (χ4n) is 2.80. The summed E-state index contributed by atoms with van der Waals surface area (Å²) in [4.78, 5) is 18.2. The molecule has 0 radical (unpaired) electrons. The minimum Gasteiger partial charge on any atom is -0.444 e. The van der Waals surface area contributed by atoms with Gasteiger partial charge in [0.15, 0.2) is 11.6 Å². The molecule has 8 heteroatoms. The van der Waals surface area contributed by atoms with E-state index in [-0.39, 0.29) is 17.5 Å². The highest BCUT2D eigenvalue weighted by molar-refractivity contribution is 9.10. The first-order valence-electron chi connectivity index (χ1n) is 8.20. The van der Waals surface area contributed by atoms with Crippen molar-refractivity contribution in [3.05, 3.63) is 28.2 Å². The van der Waals surface area contributed by atoms with Gasteiger partial charge in [0, 0.05) is 23.5 Å². The van der Waals surface area contributed by atoms with Crippen molar-refractivity contribution in [3.63, 3.8) is 0 Å². The molecular weight excluding hydrogens is 391 g/mol. The van der Waals surface area contributed by atoms with Crippen LogP contribution in [0.3, 0.4) is 0 Å². The highest BCUT2D eigenvalue weighted by Crippen LogP contribution is 2.28. The molecule has 1 amide bonds. The van der Waals surface area contributed by atoms with Crippen LogP contribution in [0.15, 0.2) is 16.6 Å². The highest BCUT2D eigenvalue weighted by atomic mass is 79.9. The van der Waals surface area contributed by atoms with Crippen LogP contribution < -0.4 is 0 Å². The lowest BCUT2D eigenvalue weighted by molar-refractivity contribution is 0.0203. The summed E-state index contributed by atoms with van der Waals surface area (Å²) in [6.45, 7) is 6.66. The van der Waals surface area contributed by atoms with Gasteiger partial charge in [-0.15, -0.1) is 10.2 Å². The van der Waals surface area contributed by atoms with Gasteiger partial charge in [-0.1, -0.05) is 15.9 Å². The van der Waals surface area contributed by atoms with Crippen molar-refractivity contribution in [2.75, 3.05) is 13.1 Å². The third-order valence-corrected chi connectivity index (χ3v) is 4.46. The van der Waals surface area contributed by atoms with Crippen molar-refractivity contribution in [3.8, 4) is 0 Å². The van der Waals surface area contributed by atoms with E-state index in [1.54, 1.807) is 11.0 Å². The van der Waals surface area contributed by atoms with Crippen molar-refractivity contribution in [2.24, 2.45) is 0 Å². The lowest BCUT2D eigenvalue weighted by Gasteiger charge is -2.32. The van der Waals surface area contributed by atoms with Crippen molar-refractivity contribution in [1.82, 2.24) is 20.1 Å². The van der Waals surface area contributed by atoms with Gasteiger partial charge >= 0.3 is 6.09 Å². The van der Waals surface area contributed by atoms with Crippen LogP contribution >= 0.6 is 15.9 Å². The largest absolute Gasteiger partial charge is 0.444 e. The highest BCUT2D eigenvalue weighted by Gasteiger charge is 2.29. The predicted molar refractivity (Wildman–Crippen MR) is 94.8 cm³/mol. The first-order chi connectivity index (χ1) is 11.7. The molecule has 1 saturated heterocycles. The monoisotopic (exact) mass is 410 g/mol.